The van der Waals surface area contributed by atoms with Crippen molar-refractivity contribution in [2.45, 2.75) is 53.5 Å². The van der Waals surface area contributed by atoms with Gasteiger partial charge in [-0.05, 0) is 60.0 Å². The number of carbonyl (C=O) groups is 2. The van der Waals surface area contributed by atoms with Crippen molar-refractivity contribution in [3.05, 3.63) is 50.7 Å². The van der Waals surface area contributed by atoms with Gasteiger partial charge in [-0.1, -0.05) is 45.7 Å². The van der Waals surface area contributed by atoms with Crippen molar-refractivity contribution >= 4 is 34.8 Å². The first kappa shape index (κ1) is 25.6. The van der Waals surface area contributed by atoms with E-state index >= 15 is 0 Å². The van der Waals surface area contributed by atoms with E-state index in [1.54, 1.807) is 16.2 Å². The van der Waals surface area contributed by atoms with Gasteiger partial charge in [-0.3, -0.25) is 9.59 Å². The van der Waals surface area contributed by atoms with Crippen molar-refractivity contribution in [2.24, 2.45) is 11.8 Å². The van der Waals surface area contributed by atoms with Crippen LogP contribution in [0.15, 0.2) is 29.6 Å². The summed E-state index contributed by atoms with van der Waals surface area (Å²) in [6.07, 6.45) is 1.80. The minimum Gasteiger partial charge on any atom is -0.491 e. The highest BCUT2D eigenvalue weighted by Crippen LogP contribution is 2.34. The lowest BCUT2D eigenvalue weighted by molar-refractivity contribution is -0.144. The zero-order valence-electron chi connectivity index (χ0n) is 20.3. The van der Waals surface area contributed by atoms with E-state index in [0.29, 0.717) is 30.6 Å². The first-order valence-electron chi connectivity index (χ1n) is 11.7. The van der Waals surface area contributed by atoms with Crippen molar-refractivity contribution in [1.29, 1.82) is 0 Å². The number of hydrogen-bond acceptors (Lipinski definition) is 4. The third-order valence-electron chi connectivity index (χ3n) is 6.31. The lowest BCUT2D eigenvalue weighted by atomic mass is 10.00. The summed E-state index contributed by atoms with van der Waals surface area (Å²) in [4.78, 5) is 31.3. The normalized spacial score (nSPS) is 16.5. The Bertz CT molecular complexity index is 974. The molecular formula is C26H35ClN2O3S. The monoisotopic (exact) mass is 490 g/mol. The fourth-order valence-electron chi connectivity index (χ4n) is 4.11. The number of aryl methyl sites for hydroxylation is 1. The molecule has 0 fully saturated rings. The molecule has 0 aliphatic carbocycles. The van der Waals surface area contributed by atoms with Crippen LogP contribution in [0.5, 0.6) is 5.75 Å². The topological polar surface area (TPSA) is 49.9 Å². The minimum absolute atomic E-state index is 0.0231. The molecule has 0 saturated heterocycles. The van der Waals surface area contributed by atoms with Crippen LogP contribution in [-0.2, 0) is 16.0 Å². The van der Waals surface area contributed by atoms with Crippen LogP contribution in [0.4, 0.5) is 0 Å². The molecule has 0 N–H and O–H groups in total. The lowest BCUT2D eigenvalue weighted by Gasteiger charge is -2.37. The molecule has 0 spiro atoms. The molecule has 1 aromatic carbocycles. The van der Waals surface area contributed by atoms with Crippen molar-refractivity contribution in [2.75, 3.05) is 26.2 Å². The first-order chi connectivity index (χ1) is 15.7. The van der Waals surface area contributed by atoms with E-state index in [4.69, 9.17) is 16.3 Å². The van der Waals surface area contributed by atoms with Gasteiger partial charge in [0.2, 0.25) is 11.8 Å². The molecule has 33 heavy (non-hydrogen) atoms. The number of hydrogen-bond donors (Lipinski definition) is 0. The average Bonchev–Trinajstić information content (AvgIpc) is 3.27. The molecule has 5 nitrogen and oxygen atoms in total. The molecule has 1 aromatic heterocycles. The highest BCUT2D eigenvalue weighted by molar-refractivity contribution is 7.10. The van der Waals surface area contributed by atoms with Crippen molar-refractivity contribution in [3.63, 3.8) is 0 Å². The van der Waals surface area contributed by atoms with Gasteiger partial charge in [0.25, 0.3) is 0 Å². The summed E-state index contributed by atoms with van der Waals surface area (Å²) in [6, 6.07) is 7.52. The van der Waals surface area contributed by atoms with Gasteiger partial charge < -0.3 is 14.5 Å². The Balaban J connectivity index is 1.78. The summed E-state index contributed by atoms with van der Waals surface area (Å²) in [5, 5.41) is 2.78. The number of ether oxygens (including phenoxy) is 1. The van der Waals surface area contributed by atoms with E-state index in [9.17, 15) is 9.59 Å². The molecule has 1 aliphatic rings. The third kappa shape index (κ3) is 6.30. The molecule has 180 valence electrons. The highest BCUT2D eigenvalue weighted by Gasteiger charge is 2.34. The van der Waals surface area contributed by atoms with E-state index in [0.717, 1.165) is 29.7 Å². The molecule has 7 heteroatoms. The van der Waals surface area contributed by atoms with Gasteiger partial charge in [-0.15, -0.1) is 11.3 Å². The number of thiophene rings is 1. The Morgan fingerprint density at radius 1 is 1.27 bits per heavy atom. The molecule has 2 heterocycles. The number of carbonyl (C=O) groups excluding carboxylic acids is 2. The van der Waals surface area contributed by atoms with Gasteiger partial charge in [-0.25, -0.2) is 0 Å². The number of benzene rings is 1. The molecule has 2 amide bonds. The van der Waals surface area contributed by atoms with Crippen LogP contribution in [0.3, 0.4) is 0 Å². The maximum Gasteiger partial charge on any atom is 0.242 e. The van der Waals surface area contributed by atoms with Crippen molar-refractivity contribution < 1.29 is 14.3 Å². The van der Waals surface area contributed by atoms with Gasteiger partial charge in [-0.2, -0.15) is 0 Å². The molecule has 0 saturated carbocycles. The number of amides is 2. The van der Waals surface area contributed by atoms with Gasteiger partial charge >= 0.3 is 0 Å². The molecular weight excluding hydrogens is 456 g/mol. The maximum absolute atomic E-state index is 13.5. The smallest absolute Gasteiger partial charge is 0.242 e. The SMILES string of the molecule is CC[C@@H](C)CN(CC(=O)N1CCc2sccc2[C@H]1COc1ccc(Cl)c(C)c1)C(=O)C(C)C. The third-order valence-corrected chi connectivity index (χ3v) is 7.73. The number of halogens is 1. The standard InChI is InChI=1S/C26H35ClN2O3S/c1-6-18(4)14-28(26(31)17(2)3)15-25(30)29-11-9-24-21(10-12-33-24)23(29)16-32-20-7-8-22(27)19(5)13-20/h7-8,10,12-13,17-18,23H,6,9,11,14-16H2,1-5H3/t18-,23-/m1/s1. The minimum atomic E-state index is -0.178. The second-order valence-corrected chi connectivity index (χ2v) is 10.7. The summed E-state index contributed by atoms with van der Waals surface area (Å²) < 4.78 is 6.13. The Kier molecular flexibility index (Phi) is 8.82. The molecule has 0 unspecified atom stereocenters. The average molecular weight is 491 g/mol. The van der Waals surface area contributed by atoms with Crippen LogP contribution in [0.1, 0.15) is 56.2 Å². The Morgan fingerprint density at radius 2 is 2.03 bits per heavy atom. The summed E-state index contributed by atoms with van der Waals surface area (Å²) in [5.41, 5.74) is 2.10. The zero-order chi connectivity index (χ0) is 24.1. The van der Waals surface area contributed by atoms with Crippen molar-refractivity contribution in [3.8, 4) is 5.75 Å². The second kappa shape index (κ2) is 11.4. The molecule has 1 aliphatic heterocycles. The number of fused-ring (bicyclic) bond motifs is 1. The summed E-state index contributed by atoms with van der Waals surface area (Å²) >= 11 is 7.88. The summed E-state index contributed by atoms with van der Waals surface area (Å²) in [5.74, 6) is 0.947. The molecule has 0 radical (unpaired) electrons. The maximum atomic E-state index is 13.5. The van der Waals surface area contributed by atoms with E-state index in [1.165, 1.54) is 4.88 Å². The fraction of sp³-hybridized carbons (Fsp3) is 0.538. The van der Waals surface area contributed by atoms with E-state index < -0.39 is 0 Å². The number of rotatable bonds is 9. The Morgan fingerprint density at radius 3 is 2.70 bits per heavy atom. The zero-order valence-corrected chi connectivity index (χ0v) is 21.8. The van der Waals surface area contributed by atoms with Crippen LogP contribution in [0.25, 0.3) is 0 Å². The largest absolute Gasteiger partial charge is 0.491 e. The van der Waals surface area contributed by atoms with Crippen LogP contribution in [0, 0.1) is 18.8 Å². The Hall–Kier alpha value is -2.05. The lowest BCUT2D eigenvalue weighted by Crippen LogP contribution is -2.49. The van der Waals surface area contributed by atoms with E-state index in [1.807, 2.05) is 43.9 Å². The fourth-order valence-corrected chi connectivity index (χ4v) is 5.16. The Labute approximate surface area is 206 Å². The summed E-state index contributed by atoms with van der Waals surface area (Å²) in [6.45, 7) is 11.7. The predicted molar refractivity (Wildman–Crippen MR) is 135 cm³/mol. The molecule has 2 aromatic rings. The van der Waals surface area contributed by atoms with Gasteiger partial charge in [0.05, 0.1) is 12.6 Å². The molecule has 0 bridgehead atoms. The van der Waals surface area contributed by atoms with Crippen LogP contribution in [-0.4, -0.2) is 47.9 Å². The van der Waals surface area contributed by atoms with Crippen LogP contribution >= 0.6 is 22.9 Å². The summed E-state index contributed by atoms with van der Waals surface area (Å²) in [7, 11) is 0. The first-order valence-corrected chi connectivity index (χ1v) is 13.0. The number of nitrogens with zero attached hydrogens (tertiary/aromatic N) is 2. The van der Waals surface area contributed by atoms with E-state index in [-0.39, 0.29) is 30.3 Å². The highest BCUT2D eigenvalue weighted by atomic mass is 35.5. The predicted octanol–water partition coefficient (Wildman–Crippen LogP) is 5.75. The van der Waals surface area contributed by atoms with Gasteiger partial charge in [0.1, 0.15) is 12.4 Å². The van der Waals surface area contributed by atoms with Crippen molar-refractivity contribution in [1.82, 2.24) is 9.80 Å². The van der Waals surface area contributed by atoms with Gasteiger partial charge in [0.15, 0.2) is 0 Å². The second-order valence-electron chi connectivity index (χ2n) is 9.26. The van der Waals surface area contributed by atoms with Crippen LogP contribution in [0.2, 0.25) is 5.02 Å². The molecule has 3 rings (SSSR count). The van der Waals surface area contributed by atoms with Gasteiger partial charge in [0, 0.05) is 28.9 Å². The van der Waals surface area contributed by atoms with Crippen LogP contribution < -0.4 is 4.74 Å². The van der Waals surface area contributed by atoms with E-state index in [2.05, 4.69) is 25.3 Å². The quantitative estimate of drug-likeness (QED) is 0.450. The molecule has 2 atom stereocenters.